The zero-order valence-corrected chi connectivity index (χ0v) is 10.6. The molecule has 0 radical (unpaired) electrons. The summed E-state index contributed by atoms with van der Waals surface area (Å²) in [5, 5.41) is 11.6. The standard InChI is InChI=1S/C12H18N4O2/c1-3-16(8-9(2)11(13)15-18)12(17)10-4-6-14-7-5-10/h4-7,9,18H,3,8H2,1-2H3,(H2,13,15). The second kappa shape index (κ2) is 6.58. The molecule has 0 aromatic carbocycles. The molecule has 1 rings (SSSR count). The number of oxime groups is 1. The van der Waals surface area contributed by atoms with Gasteiger partial charge in [-0.2, -0.15) is 0 Å². The summed E-state index contributed by atoms with van der Waals surface area (Å²) >= 11 is 0. The average Bonchev–Trinajstić information content (AvgIpc) is 2.43. The van der Waals surface area contributed by atoms with Gasteiger partial charge in [-0.1, -0.05) is 12.1 Å². The van der Waals surface area contributed by atoms with Crippen molar-refractivity contribution in [2.24, 2.45) is 16.8 Å². The lowest BCUT2D eigenvalue weighted by Crippen LogP contribution is -2.38. The minimum atomic E-state index is -0.194. The van der Waals surface area contributed by atoms with Gasteiger partial charge in [-0.05, 0) is 19.1 Å². The SMILES string of the molecule is CCN(CC(C)/C(N)=N/O)C(=O)c1ccncc1. The van der Waals surface area contributed by atoms with E-state index in [9.17, 15) is 4.79 Å². The van der Waals surface area contributed by atoms with Crippen LogP contribution in [0.25, 0.3) is 0 Å². The van der Waals surface area contributed by atoms with Crippen LogP contribution in [-0.2, 0) is 0 Å². The van der Waals surface area contributed by atoms with Crippen molar-refractivity contribution in [2.75, 3.05) is 13.1 Å². The van der Waals surface area contributed by atoms with Gasteiger partial charge in [-0.25, -0.2) is 0 Å². The molecule has 0 aliphatic rings. The molecule has 1 unspecified atom stereocenters. The minimum Gasteiger partial charge on any atom is -0.409 e. The third kappa shape index (κ3) is 3.44. The van der Waals surface area contributed by atoms with Crippen molar-refractivity contribution in [1.29, 1.82) is 0 Å². The number of aromatic nitrogens is 1. The van der Waals surface area contributed by atoms with Gasteiger partial charge >= 0.3 is 0 Å². The smallest absolute Gasteiger partial charge is 0.253 e. The van der Waals surface area contributed by atoms with Crippen molar-refractivity contribution in [1.82, 2.24) is 9.88 Å². The Balaban J connectivity index is 2.76. The van der Waals surface area contributed by atoms with Crippen molar-refractivity contribution in [2.45, 2.75) is 13.8 Å². The molecule has 0 bridgehead atoms. The molecular weight excluding hydrogens is 232 g/mol. The highest BCUT2D eigenvalue weighted by Crippen LogP contribution is 2.07. The van der Waals surface area contributed by atoms with Gasteiger partial charge in [0.05, 0.1) is 0 Å². The molecule has 3 N–H and O–H groups in total. The van der Waals surface area contributed by atoms with E-state index in [1.807, 2.05) is 6.92 Å². The van der Waals surface area contributed by atoms with Crippen LogP contribution >= 0.6 is 0 Å². The first-order valence-corrected chi connectivity index (χ1v) is 5.76. The summed E-state index contributed by atoms with van der Waals surface area (Å²) in [5.41, 5.74) is 6.09. The number of rotatable bonds is 5. The first-order valence-electron chi connectivity index (χ1n) is 5.76. The van der Waals surface area contributed by atoms with Crippen LogP contribution < -0.4 is 5.73 Å². The normalized spacial score (nSPS) is 13.1. The lowest BCUT2D eigenvalue weighted by atomic mass is 10.1. The van der Waals surface area contributed by atoms with Gasteiger partial charge in [-0.15, -0.1) is 0 Å². The maximum Gasteiger partial charge on any atom is 0.253 e. The maximum absolute atomic E-state index is 12.2. The fraction of sp³-hybridized carbons (Fsp3) is 0.417. The van der Waals surface area contributed by atoms with Gasteiger partial charge < -0.3 is 15.8 Å². The highest BCUT2D eigenvalue weighted by atomic mass is 16.4. The van der Waals surface area contributed by atoms with E-state index < -0.39 is 0 Å². The van der Waals surface area contributed by atoms with E-state index in [1.165, 1.54) is 0 Å². The summed E-state index contributed by atoms with van der Waals surface area (Å²) in [5.74, 6) is -0.158. The first-order chi connectivity index (χ1) is 8.60. The van der Waals surface area contributed by atoms with E-state index in [4.69, 9.17) is 10.9 Å². The monoisotopic (exact) mass is 250 g/mol. The fourth-order valence-corrected chi connectivity index (χ4v) is 1.56. The Morgan fingerprint density at radius 1 is 1.56 bits per heavy atom. The highest BCUT2D eigenvalue weighted by molar-refractivity contribution is 5.94. The van der Waals surface area contributed by atoms with Gasteiger partial charge in [0.25, 0.3) is 5.91 Å². The summed E-state index contributed by atoms with van der Waals surface area (Å²) in [4.78, 5) is 17.7. The summed E-state index contributed by atoms with van der Waals surface area (Å²) in [6, 6.07) is 3.33. The quantitative estimate of drug-likeness (QED) is 0.352. The number of carbonyl (C=O) groups is 1. The molecule has 1 amide bonds. The Kier molecular flexibility index (Phi) is 5.10. The van der Waals surface area contributed by atoms with Gasteiger partial charge in [0.15, 0.2) is 0 Å². The van der Waals surface area contributed by atoms with Crippen LogP contribution in [0, 0.1) is 5.92 Å². The lowest BCUT2D eigenvalue weighted by Gasteiger charge is -2.24. The molecule has 0 spiro atoms. The number of carbonyl (C=O) groups excluding carboxylic acids is 1. The van der Waals surface area contributed by atoms with E-state index in [1.54, 1.807) is 36.4 Å². The predicted molar refractivity (Wildman–Crippen MR) is 68.4 cm³/mol. The first kappa shape index (κ1) is 14.0. The second-order valence-corrected chi connectivity index (χ2v) is 4.01. The number of nitrogens with zero attached hydrogens (tertiary/aromatic N) is 3. The van der Waals surface area contributed by atoms with Gasteiger partial charge in [0, 0.05) is 37.0 Å². The zero-order valence-electron chi connectivity index (χ0n) is 10.6. The molecule has 0 fully saturated rings. The summed E-state index contributed by atoms with van der Waals surface area (Å²) < 4.78 is 0. The van der Waals surface area contributed by atoms with Crippen molar-refractivity contribution in [3.05, 3.63) is 30.1 Å². The number of hydrogen-bond acceptors (Lipinski definition) is 4. The number of pyridine rings is 1. The molecule has 6 nitrogen and oxygen atoms in total. The van der Waals surface area contributed by atoms with Gasteiger partial charge in [0.2, 0.25) is 0 Å². The van der Waals surface area contributed by atoms with Crippen molar-refractivity contribution < 1.29 is 10.0 Å². The summed E-state index contributed by atoms with van der Waals surface area (Å²) in [6.45, 7) is 4.66. The maximum atomic E-state index is 12.2. The highest BCUT2D eigenvalue weighted by Gasteiger charge is 2.18. The molecule has 18 heavy (non-hydrogen) atoms. The number of hydrogen-bond donors (Lipinski definition) is 2. The van der Waals surface area contributed by atoms with Crippen LogP contribution in [0.4, 0.5) is 0 Å². The Morgan fingerprint density at radius 2 is 2.17 bits per heavy atom. The van der Waals surface area contributed by atoms with Crippen LogP contribution in [0.1, 0.15) is 24.2 Å². The summed E-state index contributed by atoms with van der Waals surface area (Å²) in [7, 11) is 0. The Morgan fingerprint density at radius 3 is 2.67 bits per heavy atom. The third-order valence-electron chi connectivity index (χ3n) is 2.71. The molecule has 0 aliphatic carbocycles. The third-order valence-corrected chi connectivity index (χ3v) is 2.71. The van der Waals surface area contributed by atoms with Crippen molar-refractivity contribution in [3.8, 4) is 0 Å². The average molecular weight is 250 g/mol. The van der Waals surface area contributed by atoms with Crippen LogP contribution in [0.2, 0.25) is 0 Å². The van der Waals surface area contributed by atoms with Crippen molar-refractivity contribution >= 4 is 11.7 Å². The molecule has 1 atom stereocenters. The Bertz CT molecular complexity index is 419. The second-order valence-electron chi connectivity index (χ2n) is 4.01. The molecule has 98 valence electrons. The van der Waals surface area contributed by atoms with E-state index in [0.717, 1.165) is 0 Å². The lowest BCUT2D eigenvalue weighted by molar-refractivity contribution is 0.0753. The van der Waals surface area contributed by atoms with Crippen LogP contribution in [0.3, 0.4) is 0 Å². The topological polar surface area (TPSA) is 91.8 Å². The Hall–Kier alpha value is -2.11. The summed E-state index contributed by atoms with van der Waals surface area (Å²) in [6.07, 6.45) is 3.15. The Labute approximate surface area is 106 Å². The van der Waals surface area contributed by atoms with Gasteiger partial charge in [-0.3, -0.25) is 9.78 Å². The molecule has 1 aromatic heterocycles. The number of amidine groups is 1. The molecule has 1 aromatic rings. The molecule has 1 heterocycles. The van der Waals surface area contributed by atoms with E-state index in [-0.39, 0.29) is 17.7 Å². The van der Waals surface area contributed by atoms with Crippen LogP contribution in [0.15, 0.2) is 29.7 Å². The molecule has 0 saturated heterocycles. The van der Waals surface area contributed by atoms with Gasteiger partial charge in [0.1, 0.15) is 5.84 Å². The van der Waals surface area contributed by atoms with Crippen LogP contribution in [-0.4, -0.2) is 39.9 Å². The number of amides is 1. The van der Waals surface area contributed by atoms with Crippen LogP contribution in [0.5, 0.6) is 0 Å². The molecule has 0 aliphatic heterocycles. The van der Waals surface area contributed by atoms with E-state index in [0.29, 0.717) is 18.7 Å². The van der Waals surface area contributed by atoms with Crippen molar-refractivity contribution in [3.63, 3.8) is 0 Å². The van der Waals surface area contributed by atoms with E-state index in [2.05, 4.69) is 10.1 Å². The predicted octanol–water partition coefficient (Wildman–Crippen LogP) is 0.926. The zero-order chi connectivity index (χ0) is 13.5. The van der Waals surface area contributed by atoms with E-state index >= 15 is 0 Å². The number of nitrogens with two attached hydrogens (primary N) is 1. The molecule has 6 heteroatoms. The molecule has 0 saturated carbocycles. The largest absolute Gasteiger partial charge is 0.409 e. The fourth-order valence-electron chi connectivity index (χ4n) is 1.56. The minimum absolute atomic E-state index is 0.0857. The molecular formula is C12H18N4O2.